The van der Waals surface area contributed by atoms with Gasteiger partial charge >= 0.3 is 5.97 Å². The fraction of sp³-hybridized carbons (Fsp3) is 0.222. The molecule has 1 aromatic carbocycles. The Hall–Kier alpha value is -0.350. The van der Waals surface area contributed by atoms with Crippen LogP contribution in [0.5, 0.6) is 5.75 Å². The second kappa shape index (κ2) is 4.77. The monoisotopic (exact) mass is 309 g/mol. The van der Waals surface area contributed by atoms with E-state index in [1.54, 1.807) is 0 Å². The van der Waals surface area contributed by atoms with Gasteiger partial charge in [0.1, 0.15) is 5.75 Å². The fourth-order valence-corrected chi connectivity index (χ4v) is 1.18. The van der Waals surface area contributed by atoms with Gasteiger partial charge in [-0.2, -0.15) is 0 Å². The maximum atomic E-state index is 10.8. The summed E-state index contributed by atoms with van der Waals surface area (Å²) in [6.07, 6.45) is 0. The zero-order chi connectivity index (χ0) is 12.5. The summed E-state index contributed by atoms with van der Waals surface area (Å²) in [5, 5.41) is 0. The van der Waals surface area contributed by atoms with Crippen LogP contribution in [-0.4, -0.2) is 5.97 Å². The highest BCUT2D eigenvalue weighted by atomic mass is 79.9. The molecule has 1 rings (SSSR count). The molecule has 2 nitrogen and oxygen atoms in total. The molecule has 0 saturated heterocycles. The standard InChI is InChI=1S/C9H8Br2O2/c1-6(12)13-8-4-2-3-7(5-8)9(10)11/h2-5,9H,1H3/i3D,4D,5D. The third-order valence-electron chi connectivity index (χ3n) is 1.14. The maximum Gasteiger partial charge on any atom is 0.308 e. The molecule has 1 aromatic rings. The molecule has 0 atom stereocenters. The van der Waals surface area contributed by atoms with Gasteiger partial charge in [-0.15, -0.1) is 0 Å². The van der Waals surface area contributed by atoms with E-state index >= 15 is 0 Å². The number of carbonyl (C=O) groups excluding carboxylic acids is 1. The molecule has 70 valence electrons. The van der Waals surface area contributed by atoms with E-state index < -0.39 is 9.71 Å². The SMILES string of the molecule is [2H]c1cc([2H])c(C(Br)Br)c([2H])c1OC(C)=O. The number of hydrogen-bond donors (Lipinski definition) is 0. The van der Waals surface area contributed by atoms with E-state index in [2.05, 4.69) is 31.9 Å². The van der Waals surface area contributed by atoms with Gasteiger partial charge in [0.25, 0.3) is 0 Å². The highest BCUT2D eigenvalue weighted by molar-refractivity contribution is 9.24. The average Bonchev–Trinajstić information content (AvgIpc) is 2.10. The van der Waals surface area contributed by atoms with Gasteiger partial charge in [-0.1, -0.05) is 44.0 Å². The predicted octanol–water partition coefficient (Wildman–Crippen LogP) is 3.40. The van der Waals surface area contributed by atoms with Crippen molar-refractivity contribution in [1.29, 1.82) is 0 Å². The first kappa shape index (κ1) is 7.01. The largest absolute Gasteiger partial charge is 0.427 e. The van der Waals surface area contributed by atoms with Crippen LogP contribution >= 0.6 is 31.9 Å². The molecule has 0 aliphatic heterocycles. The van der Waals surface area contributed by atoms with Crippen LogP contribution in [0, 0.1) is 0 Å². The third kappa shape index (κ3) is 3.48. The van der Waals surface area contributed by atoms with Crippen LogP contribution in [0.2, 0.25) is 0 Å². The summed E-state index contributed by atoms with van der Waals surface area (Å²) in [6.45, 7) is 1.20. The second-order valence-corrected chi connectivity index (χ2v) is 5.26. The number of rotatable bonds is 2. The topological polar surface area (TPSA) is 26.3 Å². The molecule has 0 spiro atoms. The summed E-state index contributed by atoms with van der Waals surface area (Å²) >= 11 is 6.37. The molecular formula is C9H8Br2O2. The lowest BCUT2D eigenvalue weighted by Gasteiger charge is -2.05. The smallest absolute Gasteiger partial charge is 0.308 e. The van der Waals surface area contributed by atoms with Gasteiger partial charge in [0.2, 0.25) is 0 Å². The Morgan fingerprint density at radius 2 is 2.31 bits per heavy atom. The number of carbonyl (C=O) groups is 1. The van der Waals surface area contributed by atoms with Crippen molar-refractivity contribution >= 4 is 37.8 Å². The highest BCUT2D eigenvalue weighted by Gasteiger charge is 2.04. The Morgan fingerprint density at radius 1 is 1.62 bits per heavy atom. The van der Waals surface area contributed by atoms with E-state index in [4.69, 9.17) is 8.85 Å². The van der Waals surface area contributed by atoms with Gasteiger partial charge in [0.15, 0.2) is 0 Å². The Kier molecular flexibility index (Phi) is 2.57. The first-order valence-corrected chi connectivity index (χ1v) is 5.25. The summed E-state index contributed by atoms with van der Waals surface area (Å²) in [4.78, 5) is 10.8. The number of benzene rings is 1. The Bertz CT molecular complexity index is 435. The van der Waals surface area contributed by atoms with E-state index in [9.17, 15) is 4.79 Å². The molecular weight excluding hydrogens is 300 g/mol. The first-order valence-electron chi connectivity index (χ1n) is 4.91. The number of alkyl halides is 2. The summed E-state index contributed by atoms with van der Waals surface area (Å²) in [5.41, 5.74) is 0.326. The van der Waals surface area contributed by atoms with Crippen molar-refractivity contribution in [3.05, 3.63) is 29.8 Å². The van der Waals surface area contributed by atoms with Crippen LogP contribution in [0.1, 0.15) is 20.3 Å². The lowest BCUT2D eigenvalue weighted by atomic mass is 10.2. The third-order valence-corrected chi connectivity index (χ3v) is 2.06. The van der Waals surface area contributed by atoms with Gasteiger partial charge in [0, 0.05) is 6.92 Å². The highest BCUT2D eigenvalue weighted by Crippen LogP contribution is 2.30. The molecule has 0 unspecified atom stereocenters. The van der Waals surface area contributed by atoms with Crippen LogP contribution in [0.4, 0.5) is 0 Å². The molecule has 0 fully saturated rings. The van der Waals surface area contributed by atoms with Crippen molar-refractivity contribution in [2.45, 2.75) is 10.7 Å². The van der Waals surface area contributed by atoms with Gasteiger partial charge in [-0.25, -0.2) is 0 Å². The predicted molar refractivity (Wildman–Crippen MR) is 58.3 cm³/mol. The van der Waals surface area contributed by atoms with Crippen molar-refractivity contribution < 1.29 is 13.6 Å². The molecule has 0 aromatic heterocycles. The minimum absolute atomic E-state index is 0.0460. The summed E-state index contributed by atoms with van der Waals surface area (Å²) in [7, 11) is 0. The minimum Gasteiger partial charge on any atom is -0.427 e. The van der Waals surface area contributed by atoms with Crippen molar-refractivity contribution in [3.63, 3.8) is 0 Å². The summed E-state index contributed by atoms with van der Waals surface area (Å²) in [5.74, 6) is -0.714. The van der Waals surface area contributed by atoms with Crippen LogP contribution in [-0.2, 0) is 4.79 Å². The van der Waals surface area contributed by atoms with Gasteiger partial charge in [0.05, 0.1) is 7.85 Å². The number of esters is 1. The quantitative estimate of drug-likeness (QED) is 0.475. The van der Waals surface area contributed by atoms with Crippen LogP contribution in [0.25, 0.3) is 0 Å². The molecule has 13 heavy (non-hydrogen) atoms. The van der Waals surface area contributed by atoms with E-state index in [0.717, 1.165) is 0 Å². The molecule has 4 heteroatoms. The summed E-state index contributed by atoms with van der Waals surface area (Å²) < 4.78 is 27.3. The van der Waals surface area contributed by atoms with Gasteiger partial charge < -0.3 is 4.74 Å². The number of halogens is 2. The molecule has 0 N–H and O–H groups in total. The van der Waals surface area contributed by atoms with E-state index in [1.807, 2.05) is 0 Å². The van der Waals surface area contributed by atoms with Crippen LogP contribution in [0.15, 0.2) is 24.2 Å². The second-order valence-electron chi connectivity index (χ2n) is 2.20. The fourth-order valence-electron chi connectivity index (χ4n) is 0.690. The lowest BCUT2D eigenvalue weighted by Crippen LogP contribution is -2.01. The van der Waals surface area contributed by atoms with E-state index in [-0.39, 0.29) is 23.9 Å². The van der Waals surface area contributed by atoms with Crippen molar-refractivity contribution in [2.24, 2.45) is 0 Å². The Balaban J connectivity index is 3.38. The van der Waals surface area contributed by atoms with E-state index in [1.165, 1.54) is 13.0 Å². The number of hydrogen-bond acceptors (Lipinski definition) is 2. The van der Waals surface area contributed by atoms with Crippen molar-refractivity contribution in [2.75, 3.05) is 0 Å². The van der Waals surface area contributed by atoms with Crippen LogP contribution in [0.3, 0.4) is 0 Å². The normalized spacial score (nSPS) is 13.4. The van der Waals surface area contributed by atoms with Gasteiger partial charge in [-0.05, 0) is 17.6 Å². The van der Waals surface area contributed by atoms with Crippen LogP contribution < -0.4 is 4.74 Å². The lowest BCUT2D eigenvalue weighted by molar-refractivity contribution is -0.131. The molecule has 0 radical (unpaired) electrons. The number of ether oxygens (including phenoxy) is 1. The summed E-state index contributed by atoms with van der Waals surface area (Å²) in [6, 6.07) is 1.01. The molecule has 0 saturated carbocycles. The van der Waals surface area contributed by atoms with E-state index in [0.29, 0.717) is 5.56 Å². The average molecular weight is 311 g/mol. The molecule has 0 aliphatic carbocycles. The first-order chi connectivity index (χ1) is 7.34. The molecule has 0 amide bonds. The Labute approximate surface area is 97.8 Å². The van der Waals surface area contributed by atoms with Crippen molar-refractivity contribution in [1.82, 2.24) is 0 Å². The minimum atomic E-state index is -0.591. The van der Waals surface area contributed by atoms with Crippen molar-refractivity contribution in [3.8, 4) is 5.75 Å². The molecule has 0 bridgehead atoms. The molecule has 0 aliphatic rings. The Morgan fingerprint density at radius 3 is 2.85 bits per heavy atom. The zero-order valence-electron chi connectivity index (χ0n) is 9.73. The molecule has 0 heterocycles. The maximum absolute atomic E-state index is 10.8. The zero-order valence-corrected chi connectivity index (χ0v) is 9.90. The van der Waals surface area contributed by atoms with Gasteiger partial charge in [-0.3, -0.25) is 4.79 Å².